The topological polar surface area (TPSA) is 72.2 Å². The van der Waals surface area contributed by atoms with Crippen LogP contribution in [0, 0.1) is 5.92 Å². The number of hydrogen-bond donors (Lipinski definition) is 2. The minimum atomic E-state index is -3.43. The van der Waals surface area contributed by atoms with Gasteiger partial charge in [-0.25, -0.2) is 13.1 Å². The van der Waals surface area contributed by atoms with Gasteiger partial charge in [0.25, 0.3) is 0 Å². The summed E-state index contributed by atoms with van der Waals surface area (Å²) in [6, 6.07) is 6.87. The Hall–Kier alpha value is -0.910. The fraction of sp³-hybridized carbons (Fsp3) is 0.600. The Kier molecular flexibility index (Phi) is 6.65. The molecule has 0 aliphatic heterocycles. The van der Waals surface area contributed by atoms with Crippen molar-refractivity contribution in [1.82, 2.24) is 4.72 Å². The molecule has 0 spiro atoms. The summed E-state index contributed by atoms with van der Waals surface area (Å²) in [5.41, 5.74) is 6.53. The number of nitrogens with one attached hydrogen (secondary N) is 1. The molecule has 2 atom stereocenters. The van der Waals surface area contributed by atoms with Crippen molar-refractivity contribution in [3.8, 4) is 0 Å². The maximum atomic E-state index is 12.2. The summed E-state index contributed by atoms with van der Waals surface area (Å²) in [5, 5.41) is 0. The fourth-order valence-corrected chi connectivity index (χ4v) is 3.41. The molecule has 0 heterocycles. The molecule has 3 N–H and O–H groups in total. The van der Waals surface area contributed by atoms with Gasteiger partial charge in [-0.1, -0.05) is 32.4 Å². The number of rotatable bonds is 8. The number of nitrogens with two attached hydrogens (primary N) is 1. The highest BCUT2D eigenvalue weighted by molar-refractivity contribution is 7.89. The van der Waals surface area contributed by atoms with Gasteiger partial charge in [0.1, 0.15) is 0 Å². The van der Waals surface area contributed by atoms with Crippen molar-refractivity contribution in [2.24, 2.45) is 11.7 Å². The van der Waals surface area contributed by atoms with Gasteiger partial charge < -0.3 is 5.73 Å². The molecule has 0 aliphatic rings. The molecule has 0 aliphatic carbocycles. The van der Waals surface area contributed by atoms with Crippen LogP contribution in [0.1, 0.15) is 39.2 Å². The minimum Gasteiger partial charge on any atom is -0.330 e. The van der Waals surface area contributed by atoms with Crippen molar-refractivity contribution in [3.63, 3.8) is 0 Å². The quantitative estimate of drug-likeness (QED) is 0.773. The molecular formula is C15H26N2O2S. The minimum absolute atomic E-state index is 0.0568. The number of benzene rings is 1. The highest BCUT2D eigenvalue weighted by Gasteiger charge is 2.18. The molecule has 0 fully saturated rings. The average molecular weight is 298 g/mol. The Bertz CT molecular complexity index is 497. The second-order valence-corrected chi connectivity index (χ2v) is 7.17. The van der Waals surface area contributed by atoms with Crippen molar-refractivity contribution in [1.29, 1.82) is 0 Å². The molecule has 114 valence electrons. The lowest BCUT2D eigenvalue weighted by Crippen LogP contribution is -2.33. The molecule has 0 amide bonds. The van der Waals surface area contributed by atoms with E-state index < -0.39 is 10.0 Å². The maximum Gasteiger partial charge on any atom is 0.240 e. The molecule has 0 aromatic heterocycles. The van der Waals surface area contributed by atoms with Crippen LogP contribution in [-0.2, 0) is 16.4 Å². The normalized spacial score (nSPS) is 15.0. The van der Waals surface area contributed by atoms with Crippen LogP contribution in [0.3, 0.4) is 0 Å². The Balaban J connectivity index is 2.72. The van der Waals surface area contributed by atoms with E-state index in [-0.39, 0.29) is 6.04 Å². The number of hydrogen-bond acceptors (Lipinski definition) is 3. The van der Waals surface area contributed by atoms with E-state index >= 15 is 0 Å². The van der Waals surface area contributed by atoms with E-state index in [1.165, 1.54) is 0 Å². The molecule has 0 saturated carbocycles. The summed E-state index contributed by atoms with van der Waals surface area (Å²) >= 11 is 0. The predicted molar refractivity (Wildman–Crippen MR) is 83.1 cm³/mol. The first-order valence-corrected chi connectivity index (χ1v) is 8.68. The zero-order chi connectivity index (χ0) is 15.2. The van der Waals surface area contributed by atoms with Gasteiger partial charge in [-0.15, -0.1) is 0 Å². The maximum absolute atomic E-state index is 12.2. The first kappa shape index (κ1) is 17.1. The van der Waals surface area contributed by atoms with E-state index in [1.807, 2.05) is 19.1 Å². The molecular weight excluding hydrogens is 272 g/mol. The summed E-state index contributed by atoms with van der Waals surface area (Å²) < 4.78 is 27.2. The van der Waals surface area contributed by atoms with Crippen LogP contribution >= 0.6 is 0 Å². The second-order valence-electron chi connectivity index (χ2n) is 5.45. The van der Waals surface area contributed by atoms with E-state index in [4.69, 9.17) is 5.73 Å². The molecule has 0 bridgehead atoms. The van der Waals surface area contributed by atoms with Crippen molar-refractivity contribution in [2.75, 3.05) is 6.54 Å². The van der Waals surface area contributed by atoms with Gasteiger partial charge in [0.15, 0.2) is 0 Å². The molecule has 1 rings (SSSR count). The van der Waals surface area contributed by atoms with E-state index in [2.05, 4.69) is 18.6 Å². The van der Waals surface area contributed by atoms with E-state index in [9.17, 15) is 8.42 Å². The van der Waals surface area contributed by atoms with Crippen LogP contribution in [0.2, 0.25) is 0 Å². The Morgan fingerprint density at radius 3 is 2.30 bits per heavy atom. The number of sulfonamides is 1. The van der Waals surface area contributed by atoms with Gasteiger partial charge in [0, 0.05) is 6.04 Å². The molecule has 2 unspecified atom stereocenters. The summed E-state index contributed by atoms with van der Waals surface area (Å²) in [6.07, 6.45) is 2.67. The van der Waals surface area contributed by atoms with Crippen molar-refractivity contribution < 1.29 is 8.42 Å². The third-order valence-corrected chi connectivity index (χ3v) is 5.08. The van der Waals surface area contributed by atoms with Gasteiger partial charge in [-0.2, -0.15) is 0 Å². The van der Waals surface area contributed by atoms with Crippen LogP contribution < -0.4 is 10.5 Å². The third-order valence-electron chi connectivity index (χ3n) is 3.48. The first-order valence-electron chi connectivity index (χ1n) is 7.20. The Labute approximate surface area is 122 Å². The Morgan fingerprint density at radius 2 is 1.80 bits per heavy atom. The summed E-state index contributed by atoms with van der Waals surface area (Å²) in [4.78, 5) is 0.314. The van der Waals surface area contributed by atoms with Gasteiger partial charge in [0.2, 0.25) is 10.0 Å². The molecule has 20 heavy (non-hydrogen) atoms. The van der Waals surface area contributed by atoms with E-state index in [0.717, 1.165) is 24.8 Å². The van der Waals surface area contributed by atoms with Gasteiger partial charge >= 0.3 is 0 Å². The van der Waals surface area contributed by atoms with Crippen molar-refractivity contribution >= 4 is 10.0 Å². The van der Waals surface area contributed by atoms with Gasteiger partial charge in [-0.3, -0.25) is 0 Å². The van der Waals surface area contributed by atoms with Crippen molar-refractivity contribution in [2.45, 2.75) is 51.0 Å². The van der Waals surface area contributed by atoms with Gasteiger partial charge in [-0.05, 0) is 49.9 Å². The molecule has 1 aromatic rings. The summed E-state index contributed by atoms with van der Waals surface area (Å²) in [5.74, 6) is 0.514. The predicted octanol–water partition coefficient (Wildman–Crippen LogP) is 2.29. The largest absolute Gasteiger partial charge is 0.330 e. The van der Waals surface area contributed by atoms with Crippen LogP contribution in [0.4, 0.5) is 0 Å². The Morgan fingerprint density at radius 1 is 1.20 bits per heavy atom. The second kappa shape index (κ2) is 7.76. The third kappa shape index (κ3) is 5.23. The summed E-state index contributed by atoms with van der Waals surface area (Å²) in [6.45, 7) is 6.72. The zero-order valence-electron chi connectivity index (χ0n) is 12.6. The molecule has 0 saturated heterocycles. The summed E-state index contributed by atoms with van der Waals surface area (Å²) in [7, 11) is -3.43. The van der Waals surface area contributed by atoms with Crippen LogP contribution in [0.5, 0.6) is 0 Å². The molecule has 4 nitrogen and oxygen atoms in total. The van der Waals surface area contributed by atoms with Crippen LogP contribution in [0.25, 0.3) is 0 Å². The lowest BCUT2D eigenvalue weighted by Gasteiger charge is -2.17. The highest BCUT2D eigenvalue weighted by Crippen LogP contribution is 2.14. The first-order chi connectivity index (χ1) is 9.39. The van der Waals surface area contributed by atoms with Crippen LogP contribution in [-0.4, -0.2) is 21.0 Å². The van der Waals surface area contributed by atoms with Crippen LogP contribution in [0.15, 0.2) is 29.2 Å². The molecule has 1 aromatic carbocycles. The lowest BCUT2D eigenvalue weighted by molar-refractivity contribution is 0.445. The SMILES string of the molecule is CCC(C)CC(C)NS(=O)(=O)c1ccc(CCN)cc1. The van der Waals surface area contributed by atoms with E-state index in [0.29, 0.717) is 17.4 Å². The monoisotopic (exact) mass is 298 g/mol. The van der Waals surface area contributed by atoms with Gasteiger partial charge in [0.05, 0.1) is 4.90 Å². The van der Waals surface area contributed by atoms with E-state index in [1.54, 1.807) is 12.1 Å². The smallest absolute Gasteiger partial charge is 0.240 e. The zero-order valence-corrected chi connectivity index (χ0v) is 13.4. The average Bonchev–Trinajstić information content (AvgIpc) is 2.38. The fourth-order valence-electron chi connectivity index (χ4n) is 2.15. The van der Waals surface area contributed by atoms with Crippen molar-refractivity contribution in [3.05, 3.63) is 29.8 Å². The molecule has 5 heteroatoms. The molecule has 0 radical (unpaired) electrons. The highest BCUT2D eigenvalue weighted by atomic mass is 32.2. The standard InChI is InChI=1S/C15H26N2O2S/c1-4-12(2)11-13(3)17-20(18,19)15-7-5-14(6-8-15)9-10-16/h5-8,12-13,17H,4,9-11,16H2,1-3H3. The lowest BCUT2D eigenvalue weighted by atomic mass is 10.0.